The number of ether oxygens (including phenoxy) is 2. The summed E-state index contributed by atoms with van der Waals surface area (Å²) in [5.74, 6) is -0.265. The van der Waals surface area contributed by atoms with Crippen LogP contribution in [-0.4, -0.2) is 34.9 Å². The molecule has 3 aromatic rings. The second kappa shape index (κ2) is 10.4. The smallest absolute Gasteiger partial charge is 0.295 e. The fraction of sp³-hybridized carbons (Fsp3) is 0.214. The van der Waals surface area contributed by atoms with Gasteiger partial charge in [-0.15, -0.1) is 0 Å². The molecule has 0 spiro atoms. The summed E-state index contributed by atoms with van der Waals surface area (Å²) in [5.41, 5.74) is 2.01. The monoisotopic (exact) mass is 535 g/mol. The molecule has 180 valence electrons. The first-order valence-electron chi connectivity index (χ1n) is 11.2. The SMILES string of the molecule is COc1cccc(CN2C(=O)C(=O)/C(=C(\O)c3ccc(Br)cc3)C2c2ccc(OC(C)C)cc2)c1. The maximum atomic E-state index is 13.2. The summed E-state index contributed by atoms with van der Waals surface area (Å²) in [6.07, 6.45) is 0.0111. The Morgan fingerprint density at radius 2 is 1.69 bits per heavy atom. The number of likely N-dealkylation sites (tertiary alicyclic amines) is 1. The van der Waals surface area contributed by atoms with E-state index in [-0.39, 0.29) is 24.0 Å². The molecule has 1 atom stereocenters. The van der Waals surface area contributed by atoms with E-state index >= 15 is 0 Å². The van der Waals surface area contributed by atoms with Crippen molar-refractivity contribution in [1.82, 2.24) is 4.90 Å². The quantitative estimate of drug-likeness (QED) is 0.232. The Morgan fingerprint density at radius 1 is 1.00 bits per heavy atom. The van der Waals surface area contributed by atoms with E-state index in [4.69, 9.17) is 9.47 Å². The van der Waals surface area contributed by atoms with Gasteiger partial charge in [0, 0.05) is 16.6 Å². The van der Waals surface area contributed by atoms with Gasteiger partial charge in [-0.05, 0) is 61.4 Å². The number of carbonyl (C=O) groups excluding carboxylic acids is 2. The molecule has 0 saturated carbocycles. The molecule has 1 N–H and O–H groups in total. The third kappa shape index (κ3) is 5.25. The third-order valence-corrected chi connectivity index (χ3v) is 6.24. The normalized spacial score (nSPS) is 17.2. The minimum absolute atomic E-state index is 0.0111. The Hall–Kier alpha value is -3.58. The standard InChI is InChI=1S/C28H26BrNO5/c1-17(2)35-22-13-9-19(10-14-22)25-24(26(31)20-7-11-21(29)12-8-20)27(32)28(33)30(25)16-18-5-4-6-23(15-18)34-3/h4-15,17,25,31H,16H2,1-3H3/b26-24-. The molecule has 0 aromatic heterocycles. The van der Waals surface area contributed by atoms with Crippen LogP contribution in [-0.2, 0) is 16.1 Å². The van der Waals surface area contributed by atoms with Crippen molar-refractivity contribution in [3.8, 4) is 11.5 Å². The van der Waals surface area contributed by atoms with E-state index in [0.717, 1.165) is 10.0 Å². The van der Waals surface area contributed by atoms with Gasteiger partial charge in [-0.1, -0.05) is 52.3 Å². The molecular weight excluding hydrogens is 510 g/mol. The zero-order valence-electron chi connectivity index (χ0n) is 19.7. The molecule has 1 aliphatic heterocycles. The number of amides is 1. The molecule has 6 nitrogen and oxygen atoms in total. The van der Waals surface area contributed by atoms with Crippen LogP contribution in [0.15, 0.2) is 82.8 Å². The summed E-state index contributed by atoms with van der Waals surface area (Å²) < 4.78 is 11.9. The molecule has 0 radical (unpaired) electrons. The highest BCUT2D eigenvalue weighted by Gasteiger charge is 2.46. The van der Waals surface area contributed by atoms with E-state index < -0.39 is 17.7 Å². The summed E-state index contributed by atoms with van der Waals surface area (Å²) in [6.45, 7) is 4.05. The molecular formula is C28H26BrNO5. The van der Waals surface area contributed by atoms with Crippen LogP contribution in [0, 0.1) is 0 Å². The summed E-state index contributed by atoms with van der Waals surface area (Å²) in [7, 11) is 1.57. The Bertz CT molecular complexity index is 1270. The van der Waals surface area contributed by atoms with Gasteiger partial charge < -0.3 is 19.5 Å². The van der Waals surface area contributed by atoms with Gasteiger partial charge in [0.05, 0.1) is 24.8 Å². The maximum absolute atomic E-state index is 13.2. The average Bonchev–Trinajstić information content (AvgIpc) is 3.09. The van der Waals surface area contributed by atoms with Crippen LogP contribution in [0.2, 0.25) is 0 Å². The van der Waals surface area contributed by atoms with E-state index in [9.17, 15) is 14.7 Å². The molecule has 7 heteroatoms. The van der Waals surface area contributed by atoms with Crippen molar-refractivity contribution in [2.45, 2.75) is 32.5 Å². The lowest BCUT2D eigenvalue weighted by Gasteiger charge is -2.26. The first-order chi connectivity index (χ1) is 16.8. The largest absolute Gasteiger partial charge is 0.507 e. The zero-order valence-corrected chi connectivity index (χ0v) is 21.3. The predicted octanol–water partition coefficient (Wildman–Crippen LogP) is 5.87. The predicted molar refractivity (Wildman–Crippen MR) is 137 cm³/mol. The Kier molecular flexibility index (Phi) is 7.26. The van der Waals surface area contributed by atoms with Crippen LogP contribution in [0.3, 0.4) is 0 Å². The van der Waals surface area contributed by atoms with Crippen LogP contribution >= 0.6 is 15.9 Å². The van der Waals surface area contributed by atoms with Gasteiger partial charge in [-0.2, -0.15) is 0 Å². The number of nitrogens with zero attached hydrogens (tertiary/aromatic N) is 1. The average molecular weight is 536 g/mol. The van der Waals surface area contributed by atoms with Gasteiger partial charge in [0.2, 0.25) is 0 Å². The number of carbonyl (C=O) groups is 2. The summed E-state index contributed by atoms with van der Waals surface area (Å²) in [4.78, 5) is 28.0. The van der Waals surface area contributed by atoms with Crippen LogP contribution < -0.4 is 9.47 Å². The second-order valence-electron chi connectivity index (χ2n) is 8.52. The molecule has 0 bridgehead atoms. The number of ketones is 1. The number of rotatable bonds is 7. The fourth-order valence-electron chi connectivity index (χ4n) is 4.12. The van der Waals surface area contributed by atoms with E-state index in [1.165, 1.54) is 4.90 Å². The van der Waals surface area contributed by atoms with Crippen molar-refractivity contribution in [2.24, 2.45) is 0 Å². The van der Waals surface area contributed by atoms with Gasteiger partial charge in [0.1, 0.15) is 17.3 Å². The van der Waals surface area contributed by atoms with Gasteiger partial charge in [-0.3, -0.25) is 9.59 Å². The zero-order chi connectivity index (χ0) is 25.1. The molecule has 35 heavy (non-hydrogen) atoms. The van der Waals surface area contributed by atoms with Crippen molar-refractivity contribution in [2.75, 3.05) is 7.11 Å². The van der Waals surface area contributed by atoms with Gasteiger partial charge in [0.25, 0.3) is 11.7 Å². The highest BCUT2D eigenvalue weighted by atomic mass is 79.9. The first kappa shape index (κ1) is 24.5. The molecule has 1 saturated heterocycles. The lowest BCUT2D eigenvalue weighted by atomic mass is 9.95. The van der Waals surface area contributed by atoms with Crippen LogP contribution in [0.1, 0.15) is 36.6 Å². The molecule has 3 aromatic carbocycles. The lowest BCUT2D eigenvalue weighted by Crippen LogP contribution is -2.29. The number of benzene rings is 3. The fourth-order valence-corrected chi connectivity index (χ4v) is 4.39. The van der Waals surface area contributed by atoms with E-state index in [1.807, 2.05) is 50.2 Å². The summed E-state index contributed by atoms with van der Waals surface area (Å²) >= 11 is 3.38. The molecule has 1 heterocycles. The molecule has 1 unspecified atom stereocenters. The van der Waals surface area contributed by atoms with Crippen LogP contribution in [0.5, 0.6) is 11.5 Å². The number of aliphatic hydroxyl groups excluding tert-OH is 1. The first-order valence-corrected chi connectivity index (χ1v) is 12.0. The maximum Gasteiger partial charge on any atom is 0.295 e. The minimum Gasteiger partial charge on any atom is -0.507 e. The number of halogens is 1. The van der Waals surface area contributed by atoms with Gasteiger partial charge in [0.15, 0.2) is 0 Å². The van der Waals surface area contributed by atoms with E-state index in [1.54, 1.807) is 43.5 Å². The number of aliphatic hydroxyl groups is 1. The van der Waals surface area contributed by atoms with Crippen molar-refractivity contribution in [3.63, 3.8) is 0 Å². The molecule has 1 fully saturated rings. The van der Waals surface area contributed by atoms with Crippen molar-refractivity contribution < 1.29 is 24.2 Å². The summed E-state index contributed by atoms with van der Waals surface area (Å²) in [5, 5.41) is 11.2. The lowest BCUT2D eigenvalue weighted by molar-refractivity contribution is -0.140. The number of methoxy groups -OCH3 is 1. The van der Waals surface area contributed by atoms with Crippen molar-refractivity contribution >= 4 is 33.4 Å². The number of Topliss-reactive ketones (excluding diaryl/α,β-unsaturated/α-hetero) is 1. The Balaban J connectivity index is 1.81. The molecule has 1 aliphatic rings. The number of hydrogen-bond donors (Lipinski definition) is 1. The minimum atomic E-state index is -0.766. The third-order valence-electron chi connectivity index (χ3n) is 5.71. The Morgan fingerprint density at radius 3 is 2.31 bits per heavy atom. The van der Waals surface area contributed by atoms with E-state index in [0.29, 0.717) is 22.6 Å². The number of hydrogen-bond acceptors (Lipinski definition) is 5. The highest BCUT2D eigenvalue weighted by Crippen LogP contribution is 2.41. The topological polar surface area (TPSA) is 76.1 Å². The van der Waals surface area contributed by atoms with Crippen molar-refractivity contribution in [1.29, 1.82) is 0 Å². The molecule has 0 aliphatic carbocycles. The highest BCUT2D eigenvalue weighted by molar-refractivity contribution is 9.10. The van der Waals surface area contributed by atoms with Crippen molar-refractivity contribution in [3.05, 3.63) is 99.5 Å². The van der Waals surface area contributed by atoms with Crippen LogP contribution in [0.25, 0.3) is 5.76 Å². The van der Waals surface area contributed by atoms with Gasteiger partial charge in [-0.25, -0.2) is 0 Å². The van der Waals surface area contributed by atoms with Gasteiger partial charge >= 0.3 is 0 Å². The molecule has 4 rings (SSSR count). The van der Waals surface area contributed by atoms with Crippen LogP contribution in [0.4, 0.5) is 0 Å². The Labute approximate surface area is 212 Å². The molecule has 1 amide bonds. The summed E-state index contributed by atoms with van der Waals surface area (Å²) in [6, 6.07) is 20.8. The van der Waals surface area contributed by atoms with E-state index in [2.05, 4.69) is 15.9 Å². The second-order valence-corrected chi connectivity index (χ2v) is 9.44.